The number of benzene rings is 8. The molecule has 0 saturated heterocycles. The maximum absolute atomic E-state index is 5.65. The molecule has 5 nitrogen and oxygen atoms in total. The summed E-state index contributed by atoms with van der Waals surface area (Å²) < 4.78 is 4.55. The first-order valence-corrected chi connectivity index (χ1v) is 27.4. The molecular formula is C67H67N5S. The zero-order chi connectivity index (χ0) is 51.2. The Labute approximate surface area is 433 Å². The van der Waals surface area contributed by atoms with Gasteiger partial charge in [0.1, 0.15) is 0 Å². The van der Waals surface area contributed by atoms with Crippen LogP contribution >= 0.6 is 10.0 Å². The van der Waals surface area contributed by atoms with Crippen molar-refractivity contribution in [1.29, 1.82) is 0 Å². The summed E-state index contributed by atoms with van der Waals surface area (Å²) in [5, 5.41) is 4.73. The second-order valence-electron chi connectivity index (χ2n) is 23.9. The third-order valence-corrected chi connectivity index (χ3v) is 18.6. The van der Waals surface area contributed by atoms with Crippen molar-refractivity contribution in [3.63, 3.8) is 0 Å². The lowest BCUT2D eigenvalue weighted by atomic mass is 9.85. The molecule has 0 aliphatic heterocycles. The number of hydrogen-bond acceptors (Lipinski definition) is 3. The summed E-state index contributed by atoms with van der Waals surface area (Å²) in [6, 6.07) is 69.8. The maximum atomic E-state index is 5.65. The van der Waals surface area contributed by atoms with Crippen molar-refractivity contribution in [2.24, 2.45) is 0 Å². The summed E-state index contributed by atoms with van der Waals surface area (Å²) in [6.45, 7) is 27.5. The summed E-state index contributed by atoms with van der Waals surface area (Å²) >= 11 is 0. The van der Waals surface area contributed by atoms with Crippen LogP contribution in [0.3, 0.4) is 0 Å². The van der Waals surface area contributed by atoms with Gasteiger partial charge in [-0.2, -0.15) is 15.0 Å². The van der Waals surface area contributed by atoms with E-state index in [0.717, 1.165) is 27.6 Å². The molecule has 3 heterocycles. The van der Waals surface area contributed by atoms with Crippen molar-refractivity contribution in [2.75, 3.05) is 0 Å². The number of hydrogen-bond donors (Lipinski definition) is 0. The minimum Gasteiger partial charge on any atom is -0.278 e. The normalized spacial score (nSPS) is 13.2. The van der Waals surface area contributed by atoms with Gasteiger partial charge in [-0.05, 0) is 141 Å². The predicted molar refractivity (Wildman–Crippen MR) is 309 cm³/mol. The van der Waals surface area contributed by atoms with Crippen LogP contribution < -0.4 is 0 Å². The van der Waals surface area contributed by atoms with E-state index in [1.807, 2.05) is 0 Å². The van der Waals surface area contributed by atoms with Gasteiger partial charge in [-0.25, -0.2) is 0 Å². The minimum absolute atomic E-state index is 0.0462. The Morgan fingerprint density at radius 3 is 0.904 bits per heavy atom. The first-order chi connectivity index (χ1) is 34.7. The molecule has 0 unspecified atom stereocenters. The van der Waals surface area contributed by atoms with Gasteiger partial charge in [-0.1, -0.05) is 174 Å². The minimum atomic E-state index is -2.01. The van der Waals surface area contributed by atoms with Crippen LogP contribution in [0.1, 0.15) is 105 Å². The van der Waals surface area contributed by atoms with Crippen molar-refractivity contribution in [2.45, 2.75) is 124 Å². The molecule has 0 N–H and O–H groups in total. The largest absolute Gasteiger partial charge is 0.278 e. The standard InChI is InChI=1S/C67H67N5S/c1-64(2,3)45-31-35-57-53(40-45)54-41-46(65(4,5)6)32-36-58(54)71(57)62-68-61(69-63(70-62)72-59-37-33-47(66(7,8)9)42-55(59)56-43-48(67(10,11)12)34-38-60(56)72)44-23-22-30-52(39-44)73(49-24-16-13-17-25-49,50-26-18-14-19-27-50)51-28-20-15-21-29-51/h13-43H,1-12H3. The second kappa shape index (κ2) is 17.4. The van der Waals surface area contributed by atoms with E-state index in [1.165, 1.54) is 63.4 Å². The van der Waals surface area contributed by atoms with Crippen LogP contribution in [0.25, 0.3) is 66.9 Å². The summed E-state index contributed by atoms with van der Waals surface area (Å²) in [5.74, 6) is 1.74. The van der Waals surface area contributed by atoms with Crippen LogP contribution in [-0.2, 0) is 21.7 Å². The van der Waals surface area contributed by atoms with Crippen LogP contribution in [-0.4, -0.2) is 24.1 Å². The molecule has 73 heavy (non-hydrogen) atoms. The Balaban J connectivity index is 1.25. The smallest absolute Gasteiger partial charge is 0.240 e. The van der Waals surface area contributed by atoms with Crippen LogP contribution in [0.4, 0.5) is 0 Å². The highest BCUT2D eigenvalue weighted by Gasteiger charge is 2.34. The van der Waals surface area contributed by atoms with Gasteiger partial charge in [-0.15, -0.1) is 10.0 Å². The average Bonchev–Trinajstić information content (AvgIpc) is 3.88. The first-order valence-electron chi connectivity index (χ1n) is 25.8. The molecule has 0 spiro atoms. The molecule has 0 saturated carbocycles. The van der Waals surface area contributed by atoms with Gasteiger partial charge < -0.3 is 0 Å². The lowest BCUT2D eigenvalue weighted by molar-refractivity contribution is 0.590. The number of aromatic nitrogens is 5. The van der Waals surface area contributed by atoms with Gasteiger partial charge in [0.2, 0.25) is 11.9 Å². The predicted octanol–water partition coefficient (Wildman–Crippen LogP) is 18.3. The Morgan fingerprint density at radius 1 is 0.301 bits per heavy atom. The number of rotatable bonds is 7. The summed E-state index contributed by atoms with van der Waals surface area (Å²) in [5.41, 5.74) is 10.1. The molecule has 0 bridgehead atoms. The molecular weight excluding hydrogens is 907 g/mol. The van der Waals surface area contributed by atoms with Crippen LogP contribution in [0, 0.1) is 0 Å². The monoisotopic (exact) mass is 974 g/mol. The Morgan fingerprint density at radius 2 is 0.603 bits per heavy atom. The van der Waals surface area contributed by atoms with Crippen LogP contribution in [0.15, 0.2) is 208 Å². The SMILES string of the molecule is CC(C)(C)c1ccc2c(c1)c1cc(C(C)(C)C)ccc1n2-c1nc(-c2cccc(S(c3ccccc3)(c3ccccc3)c3ccccc3)c2)nc(-n2c3ccc(C(C)(C)C)cc3c3cc(C(C)(C)C)ccc32)n1. The fourth-order valence-electron chi connectivity index (χ4n) is 10.5. The topological polar surface area (TPSA) is 48.5 Å². The molecule has 0 aliphatic carbocycles. The van der Waals surface area contributed by atoms with E-state index in [9.17, 15) is 0 Å². The van der Waals surface area contributed by atoms with Crippen LogP contribution in [0.2, 0.25) is 0 Å². The van der Waals surface area contributed by atoms with E-state index >= 15 is 0 Å². The summed E-state index contributed by atoms with van der Waals surface area (Å²) in [4.78, 5) is 21.9. The molecule has 0 aliphatic rings. The third kappa shape index (κ3) is 8.34. The van der Waals surface area contributed by atoms with Gasteiger partial charge >= 0.3 is 0 Å². The maximum Gasteiger partial charge on any atom is 0.240 e. The van der Waals surface area contributed by atoms with Crippen molar-refractivity contribution >= 4 is 53.6 Å². The molecule has 0 atom stereocenters. The average molecular weight is 974 g/mol. The highest BCUT2D eigenvalue weighted by Crippen LogP contribution is 2.73. The molecule has 6 heteroatoms. The molecule has 11 rings (SSSR count). The van der Waals surface area contributed by atoms with E-state index in [1.54, 1.807) is 0 Å². The molecule has 8 aromatic carbocycles. The Hall–Kier alpha value is -7.28. The first kappa shape index (κ1) is 48.0. The van der Waals surface area contributed by atoms with Gasteiger partial charge in [0.15, 0.2) is 5.82 Å². The number of fused-ring (bicyclic) bond motifs is 6. The zero-order valence-corrected chi connectivity index (χ0v) is 45.4. The van der Waals surface area contributed by atoms with Crippen molar-refractivity contribution in [3.8, 4) is 23.3 Å². The fourth-order valence-corrected chi connectivity index (χ4v) is 14.5. The Bertz CT molecular complexity index is 3470. The molecule has 0 amide bonds. The summed E-state index contributed by atoms with van der Waals surface area (Å²) in [7, 11) is -2.01. The van der Waals surface area contributed by atoms with Gasteiger partial charge in [0.25, 0.3) is 0 Å². The quantitative estimate of drug-likeness (QED) is 0.160. The molecule has 0 radical (unpaired) electrons. The Kier molecular flexibility index (Phi) is 11.5. The van der Waals surface area contributed by atoms with Gasteiger partial charge in [-0.3, -0.25) is 9.13 Å². The zero-order valence-electron chi connectivity index (χ0n) is 44.5. The molecule has 366 valence electrons. The summed E-state index contributed by atoms with van der Waals surface area (Å²) in [6.07, 6.45) is 0. The van der Waals surface area contributed by atoms with Crippen molar-refractivity contribution in [1.82, 2.24) is 24.1 Å². The van der Waals surface area contributed by atoms with E-state index in [-0.39, 0.29) is 21.7 Å². The van der Waals surface area contributed by atoms with E-state index < -0.39 is 10.0 Å². The molecule has 11 aromatic rings. The van der Waals surface area contributed by atoms with Crippen molar-refractivity contribution < 1.29 is 0 Å². The molecule has 0 fully saturated rings. The highest BCUT2D eigenvalue weighted by molar-refractivity contribution is 8.34. The van der Waals surface area contributed by atoms with Crippen molar-refractivity contribution in [3.05, 3.63) is 210 Å². The van der Waals surface area contributed by atoms with Gasteiger partial charge in [0.05, 0.1) is 22.1 Å². The second-order valence-corrected chi connectivity index (χ2v) is 27.0. The van der Waals surface area contributed by atoms with Gasteiger partial charge in [0, 0.05) is 46.7 Å². The van der Waals surface area contributed by atoms with E-state index in [2.05, 4.69) is 280 Å². The van der Waals surface area contributed by atoms with E-state index in [0.29, 0.717) is 17.7 Å². The highest BCUT2D eigenvalue weighted by atomic mass is 32.3. The third-order valence-electron chi connectivity index (χ3n) is 14.7. The van der Waals surface area contributed by atoms with Crippen LogP contribution in [0.5, 0.6) is 0 Å². The lowest BCUT2D eigenvalue weighted by Crippen LogP contribution is -2.12. The van der Waals surface area contributed by atoms with E-state index in [4.69, 9.17) is 15.0 Å². The molecule has 3 aromatic heterocycles. The number of nitrogens with zero attached hydrogens (tertiary/aromatic N) is 5. The lowest BCUT2D eigenvalue weighted by Gasteiger charge is -2.42. The fraction of sp³-hybridized carbons (Fsp3) is 0.239.